The van der Waals surface area contributed by atoms with E-state index in [0.29, 0.717) is 36.8 Å². The van der Waals surface area contributed by atoms with Crippen LogP contribution in [0.4, 0.5) is 0 Å². The van der Waals surface area contributed by atoms with Gasteiger partial charge in [0.2, 0.25) is 12.3 Å². The molecule has 0 unspecified atom stereocenters. The number of rotatable bonds is 9. The maximum atomic E-state index is 13.1. The Bertz CT molecular complexity index is 648. The summed E-state index contributed by atoms with van der Waals surface area (Å²) in [6, 6.07) is -0.532. The molecule has 2 amide bonds. The van der Waals surface area contributed by atoms with Crippen molar-refractivity contribution in [2.45, 2.75) is 51.0 Å². The molecule has 3 rings (SSSR count). The molecule has 0 spiro atoms. The predicted molar refractivity (Wildman–Crippen MR) is 98.7 cm³/mol. The third kappa shape index (κ3) is 5.12. The number of carbonyl (C=O) groups is 3. The van der Waals surface area contributed by atoms with Crippen molar-refractivity contribution in [1.29, 1.82) is 0 Å². The summed E-state index contributed by atoms with van der Waals surface area (Å²) in [6.07, 6.45) is 7.80. The molecular formula is C18H26N4O4S. The van der Waals surface area contributed by atoms with Crippen LogP contribution in [-0.4, -0.2) is 57.5 Å². The zero-order chi connectivity index (χ0) is 19.2. The molecule has 2 heterocycles. The van der Waals surface area contributed by atoms with E-state index < -0.39 is 12.0 Å². The molecule has 0 bridgehead atoms. The molecule has 1 aromatic heterocycles. The van der Waals surface area contributed by atoms with Gasteiger partial charge in [0, 0.05) is 18.1 Å². The maximum Gasteiger partial charge on any atom is 0.242 e. The van der Waals surface area contributed by atoms with Crippen molar-refractivity contribution >= 4 is 29.4 Å². The summed E-state index contributed by atoms with van der Waals surface area (Å²) < 4.78 is 0. The number of carbonyl (C=O) groups excluding carboxylic acids is 3. The SMILES string of the molecule is O=CN(O)C[C@@H](CC1CCCC1)C(=O)N1NCC[C@H]1C(=O)Cc1nccs1. The minimum atomic E-state index is -0.532. The predicted octanol–water partition coefficient (Wildman–Crippen LogP) is 1.40. The first-order valence-electron chi connectivity index (χ1n) is 9.47. The molecule has 8 nitrogen and oxygen atoms in total. The van der Waals surface area contributed by atoms with Gasteiger partial charge in [0.1, 0.15) is 6.04 Å². The van der Waals surface area contributed by atoms with Gasteiger partial charge in [0.05, 0.1) is 23.9 Å². The van der Waals surface area contributed by atoms with Crippen LogP contribution in [0.25, 0.3) is 0 Å². The van der Waals surface area contributed by atoms with Crippen molar-refractivity contribution in [2.75, 3.05) is 13.1 Å². The van der Waals surface area contributed by atoms with E-state index in [1.54, 1.807) is 6.20 Å². The fourth-order valence-electron chi connectivity index (χ4n) is 4.07. The quantitative estimate of drug-likeness (QED) is 0.373. The average molecular weight is 394 g/mol. The molecule has 0 aromatic carbocycles. The molecule has 1 aliphatic heterocycles. The van der Waals surface area contributed by atoms with E-state index in [-0.39, 0.29) is 24.7 Å². The van der Waals surface area contributed by atoms with Gasteiger partial charge in [-0.3, -0.25) is 24.6 Å². The zero-order valence-electron chi connectivity index (χ0n) is 15.2. The molecule has 1 aliphatic carbocycles. The van der Waals surface area contributed by atoms with Crippen molar-refractivity contribution in [3.05, 3.63) is 16.6 Å². The molecule has 148 valence electrons. The fraction of sp³-hybridized carbons (Fsp3) is 0.667. The Morgan fingerprint density at radius 3 is 2.85 bits per heavy atom. The van der Waals surface area contributed by atoms with Gasteiger partial charge in [-0.1, -0.05) is 25.7 Å². The second-order valence-corrected chi connectivity index (χ2v) is 8.28. The number of hydrazine groups is 1. The molecule has 1 saturated heterocycles. The van der Waals surface area contributed by atoms with Crippen molar-refractivity contribution in [2.24, 2.45) is 11.8 Å². The third-order valence-corrected chi connectivity index (χ3v) is 6.18. The topological polar surface area (TPSA) is 103 Å². The zero-order valence-corrected chi connectivity index (χ0v) is 16.1. The third-order valence-electron chi connectivity index (χ3n) is 5.40. The number of aromatic nitrogens is 1. The van der Waals surface area contributed by atoms with Crippen LogP contribution < -0.4 is 5.43 Å². The number of thiazole rings is 1. The van der Waals surface area contributed by atoms with Crippen LogP contribution in [0.5, 0.6) is 0 Å². The monoisotopic (exact) mass is 394 g/mol. The van der Waals surface area contributed by atoms with Gasteiger partial charge in [-0.2, -0.15) is 0 Å². The highest BCUT2D eigenvalue weighted by Gasteiger charge is 2.38. The van der Waals surface area contributed by atoms with Crippen molar-refractivity contribution in [3.63, 3.8) is 0 Å². The van der Waals surface area contributed by atoms with E-state index in [4.69, 9.17) is 0 Å². The summed E-state index contributed by atoms with van der Waals surface area (Å²) in [5, 5.41) is 14.2. The lowest BCUT2D eigenvalue weighted by Crippen LogP contribution is -2.50. The summed E-state index contributed by atoms with van der Waals surface area (Å²) in [5.74, 6) is -0.368. The molecule has 9 heteroatoms. The fourth-order valence-corrected chi connectivity index (χ4v) is 4.70. The first-order chi connectivity index (χ1) is 13.1. The molecule has 2 atom stereocenters. The second-order valence-electron chi connectivity index (χ2n) is 7.30. The molecular weight excluding hydrogens is 368 g/mol. The van der Waals surface area contributed by atoms with Gasteiger partial charge in [-0.25, -0.2) is 15.5 Å². The van der Waals surface area contributed by atoms with Crippen LogP contribution in [0.2, 0.25) is 0 Å². The Morgan fingerprint density at radius 2 is 2.19 bits per heavy atom. The summed E-state index contributed by atoms with van der Waals surface area (Å²) in [5.41, 5.74) is 3.02. The Morgan fingerprint density at radius 1 is 1.41 bits per heavy atom. The van der Waals surface area contributed by atoms with E-state index in [0.717, 1.165) is 30.7 Å². The lowest BCUT2D eigenvalue weighted by molar-refractivity contribution is -0.159. The number of Topliss-reactive ketones (excluding diaryl/α,β-unsaturated/α-hetero) is 1. The Kier molecular flexibility index (Phi) is 6.92. The smallest absolute Gasteiger partial charge is 0.242 e. The molecule has 2 N–H and O–H groups in total. The van der Waals surface area contributed by atoms with Gasteiger partial charge in [-0.15, -0.1) is 11.3 Å². The van der Waals surface area contributed by atoms with Crippen LogP contribution in [0.1, 0.15) is 43.5 Å². The minimum absolute atomic E-state index is 0.0424. The molecule has 2 aliphatic rings. The van der Waals surface area contributed by atoms with Gasteiger partial charge in [-0.05, 0) is 18.8 Å². The highest BCUT2D eigenvalue weighted by molar-refractivity contribution is 7.09. The Labute approximate surface area is 162 Å². The van der Waals surface area contributed by atoms with Crippen LogP contribution in [0.3, 0.4) is 0 Å². The number of hydrogen-bond acceptors (Lipinski definition) is 7. The summed E-state index contributed by atoms with van der Waals surface area (Å²) in [4.78, 5) is 40.8. The number of amides is 2. The van der Waals surface area contributed by atoms with E-state index in [1.165, 1.54) is 16.3 Å². The highest BCUT2D eigenvalue weighted by Crippen LogP contribution is 2.31. The van der Waals surface area contributed by atoms with Crippen molar-refractivity contribution in [1.82, 2.24) is 20.5 Å². The maximum absolute atomic E-state index is 13.1. The van der Waals surface area contributed by atoms with Gasteiger partial charge in [0.15, 0.2) is 5.78 Å². The number of ketones is 1. The summed E-state index contributed by atoms with van der Waals surface area (Å²) in [6.45, 7) is 0.497. The second kappa shape index (κ2) is 9.38. The highest BCUT2D eigenvalue weighted by atomic mass is 32.1. The molecule has 1 aromatic rings. The van der Waals surface area contributed by atoms with Crippen LogP contribution in [0, 0.1) is 11.8 Å². The van der Waals surface area contributed by atoms with E-state index >= 15 is 0 Å². The number of hydrogen-bond donors (Lipinski definition) is 2. The molecule has 1 saturated carbocycles. The number of hydroxylamine groups is 2. The first-order valence-corrected chi connectivity index (χ1v) is 10.3. The van der Waals surface area contributed by atoms with E-state index in [9.17, 15) is 19.6 Å². The summed E-state index contributed by atoms with van der Waals surface area (Å²) in [7, 11) is 0. The Balaban J connectivity index is 1.68. The minimum Gasteiger partial charge on any atom is -0.297 e. The standard InChI is InChI=1S/C18H26N4O4S/c23-12-21(26)11-14(9-13-3-1-2-4-13)18(25)22-15(5-6-20-22)16(24)10-17-19-7-8-27-17/h7-8,12-15,20,26H,1-6,9-11H2/t14-,15+/m1/s1. The van der Waals surface area contributed by atoms with Crippen LogP contribution in [-0.2, 0) is 20.8 Å². The summed E-state index contributed by atoms with van der Waals surface area (Å²) >= 11 is 1.42. The Hall–Kier alpha value is -1.84. The lowest BCUT2D eigenvalue weighted by Gasteiger charge is -2.29. The molecule has 27 heavy (non-hydrogen) atoms. The molecule has 2 fully saturated rings. The van der Waals surface area contributed by atoms with E-state index in [1.807, 2.05) is 5.38 Å². The number of nitrogens with one attached hydrogen (secondary N) is 1. The van der Waals surface area contributed by atoms with Crippen molar-refractivity contribution in [3.8, 4) is 0 Å². The van der Waals surface area contributed by atoms with E-state index in [2.05, 4.69) is 10.4 Å². The normalized spacial score (nSPS) is 21.4. The van der Waals surface area contributed by atoms with Crippen molar-refractivity contribution < 1.29 is 19.6 Å². The van der Waals surface area contributed by atoms with Gasteiger partial charge in [0.25, 0.3) is 0 Å². The lowest BCUT2D eigenvalue weighted by atomic mass is 9.91. The van der Waals surface area contributed by atoms with Gasteiger partial charge >= 0.3 is 0 Å². The number of nitrogens with zero attached hydrogens (tertiary/aromatic N) is 3. The van der Waals surface area contributed by atoms with Crippen LogP contribution in [0.15, 0.2) is 11.6 Å². The largest absolute Gasteiger partial charge is 0.297 e. The molecule has 0 radical (unpaired) electrons. The van der Waals surface area contributed by atoms with Crippen LogP contribution >= 0.6 is 11.3 Å². The average Bonchev–Trinajstić information content (AvgIpc) is 3.42. The van der Waals surface area contributed by atoms with Gasteiger partial charge < -0.3 is 0 Å². The first kappa shape index (κ1) is 19.9.